The zero-order valence-corrected chi connectivity index (χ0v) is 19.0. The minimum Gasteiger partial charge on any atom is -0.344 e. The molecular formula is C24H28N2O3S. The number of aryl methyl sites for hydroxylation is 1. The van der Waals surface area contributed by atoms with Crippen LogP contribution in [0.3, 0.4) is 0 Å². The highest BCUT2D eigenvalue weighted by Crippen LogP contribution is 2.31. The molecule has 0 N–H and O–H groups in total. The van der Waals surface area contributed by atoms with Gasteiger partial charge in [0.1, 0.15) is 0 Å². The summed E-state index contributed by atoms with van der Waals surface area (Å²) >= 11 is 1.31. The number of amides is 1. The smallest absolute Gasteiger partial charge is 0.238 e. The lowest BCUT2D eigenvalue weighted by Gasteiger charge is -2.19. The van der Waals surface area contributed by atoms with Crippen molar-refractivity contribution in [2.24, 2.45) is 5.41 Å². The molecule has 0 unspecified atom stereocenters. The fourth-order valence-electron chi connectivity index (χ4n) is 3.35. The number of hydrogen-bond donors (Lipinski definition) is 0. The molecule has 0 atom stereocenters. The van der Waals surface area contributed by atoms with Crippen LogP contribution in [0.1, 0.15) is 48.1 Å². The van der Waals surface area contributed by atoms with Crippen molar-refractivity contribution in [1.29, 1.82) is 0 Å². The summed E-state index contributed by atoms with van der Waals surface area (Å²) in [5.41, 5.74) is 3.14. The topological polar surface area (TPSA) is 59.4 Å². The van der Waals surface area contributed by atoms with Gasteiger partial charge in [0.05, 0.1) is 17.3 Å². The molecule has 6 heteroatoms. The Morgan fingerprint density at radius 1 is 1.13 bits per heavy atom. The SMILES string of the molecule is Cc1cc(C(=O)CN2C(=O)CS/C2=C\C(=O)C(C)(C)C)c(C)n1Cc1ccccc1. The van der Waals surface area contributed by atoms with Crippen LogP contribution in [-0.4, -0.2) is 39.2 Å². The van der Waals surface area contributed by atoms with Crippen molar-refractivity contribution in [2.45, 2.75) is 41.2 Å². The van der Waals surface area contributed by atoms with Gasteiger partial charge in [-0.05, 0) is 25.5 Å². The van der Waals surface area contributed by atoms with Crippen LogP contribution in [0, 0.1) is 19.3 Å². The summed E-state index contributed by atoms with van der Waals surface area (Å²) < 4.78 is 2.11. The van der Waals surface area contributed by atoms with Gasteiger partial charge >= 0.3 is 0 Å². The molecule has 0 aliphatic carbocycles. The molecular weight excluding hydrogens is 396 g/mol. The molecule has 1 aliphatic rings. The Morgan fingerprint density at radius 2 is 1.80 bits per heavy atom. The van der Waals surface area contributed by atoms with E-state index in [0.717, 1.165) is 17.0 Å². The Kier molecular flexibility index (Phi) is 6.36. The number of carbonyl (C=O) groups is 3. The van der Waals surface area contributed by atoms with E-state index in [-0.39, 0.29) is 29.8 Å². The zero-order chi connectivity index (χ0) is 22.1. The molecule has 30 heavy (non-hydrogen) atoms. The average molecular weight is 425 g/mol. The predicted molar refractivity (Wildman–Crippen MR) is 120 cm³/mol. The molecule has 5 nitrogen and oxygen atoms in total. The van der Waals surface area contributed by atoms with Crippen LogP contribution >= 0.6 is 11.8 Å². The highest BCUT2D eigenvalue weighted by molar-refractivity contribution is 8.04. The second kappa shape index (κ2) is 8.64. The Bertz CT molecular complexity index is 1010. The van der Waals surface area contributed by atoms with Gasteiger partial charge in [-0.2, -0.15) is 0 Å². The van der Waals surface area contributed by atoms with Gasteiger partial charge in [0, 0.05) is 35.0 Å². The molecule has 1 aliphatic heterocycles. The van der Waals surface area contributed by atoms with Gasteiger partial charge < -0.3 is 4.57 Å². The van der Waals surface area contributed by atoms with E-state index in [1.54, 1.807) is 0 Å². The number of allylic oxidation sites excluding steroid dienone is 1. The molecule has 2 aromatic rings. The molecule has 1 amide bonds. The van der Waals surface area contributed by atoms with E-state index < -0.39 is 5.41 Å². The summed E-state index contributed by atoms with van der Waals surface area (Å²) in [5, 5.41) is 0.561. The van der Waals surface area contributed by atoms with E-state index in [1.807, 2.05) is 58.9 Å². The van der Waals surface area contributed by atoms with Crippen molar-refractivity contribution >= 4 is 29.2 Å². The number of rotatable bonds is 6. The van der Waals surface area contributed by atoms with Crippen molar-refractivity contribution in [3.8, 4) is 0 Å². The number of aromatic nitrogens is 1. The number of nitrogens with zero attached hydrogens (tertiary/aromatic N) is 2. The van der Waals surface area contributed by atoms with E-state index in [9.17, 15) is 14.4 Å². The average Bonchev–Trinajstić information content (AvgIpc) is 3.16. The van der Waals surface area contributed by atoms with Crippen molar-refractivity contribution in [3.63, 3.8) is 0 Å². The second-order valence-electron chi connectivity index (χ2n) is 8.65. The first-order valence-corrected chi connectivity index (χ1v) is 11.0. The van der Waals surface area contributed by atoms with E-state index in [0.29, 0.717) is 17.1 Å². The summed E-state index contributed by atoms with van der Waals surface area (Å²) in [7, 11) is 0. The molecule has 1 aromatic carbocycles. The van der Waals surface area contributed by atoms with Crippen LogP contribution in [0.15, 0.2) is 47.5 Å². The first-order valence-electron chi connectivity index (χ1n) is 10.0. The first-order chi connectivity index (χ1) is 14.1. The van der Waals surface area contributed by atoms with Crippen LogP contribution in [0.4, 0.5) is 0 Å². The number of Topliss-reactive ketones (excluding diaryl/α,β-unsaturated/α-hetero) is 1. The van der Waals surface area contributed by atoms with Crippen LogP contribution in [0.2, 0.25) is 0 Å². The Labute approximate surface area is 182 Å². The van der Waals surface area contributed by atoms with Crippen LogP contribution in [-0.2, 0) is 16.1 Å². The van der Waals surface area contributed by atoms with Crippen LogP contribution in [0.5, 0.6) is 0 Å². The van der Waals surface area contributed by atoms with Gasteiger partial charge in [-0.15, -0.1) is 0 Å². The lowest BCUT2D eigenvalue weighted by Crippen LogP contribution is -2.31. The maximum absolute atomic E-state index is 13.1. The van der Waals surface area contributed by atoms with Gasteiger partial charge in [0.15, 0.2) is 11.6 Å². The van der Waals surface area contributed by atoms with Gasteiger partial charge in [-0.25, -0.2) is 0 Å². The quantitative estimate of drug-likeness (QED) is 0.510. The summed E-state index contributed by atoms with van der Waals surface area (Å²) in [6.07, 6.45) is 1.50. The number of ketones is 2. The summed E-state index contributed by atoms with van der Waals surface area (Å²) in [5.74, 6) is -0.0613. The summed E-state index contributed by atoms with van der Waals surface area (Å²) in [6.45, 7) is 10.1. The molecule has 0 bridgehead atoms. The minimum atomic E-state index is -0.531. The van der Waals surface area contributed by atoms with Gasteiger partial charge in [0.2, 0.25) is 5.91 Å². The largest absolute Gasteiger partial charge is 0.344 e. The van der Waals surface area contributed by atoms with E-state index in [2.05, 4.69) is 16.7 Å². The fourth-order valence-corrected chi connectivity index (χ4v) is 4.29. The third-order valence-corrected chi connectivity index (χ3v) is 6.29. The number of benzene rings is 1. The van der Waals surface area contributed by atoms with Gasteiger partial charge in [0.25, 0.3) is 0 Å². The molecule has 0 saturated carbocycles. The van der Waals surface area contributed by atoms with E-state index in [4.69, 9.17) is 0 Å². The second-order valence-corrected chi connectivity index (χ2v) is 9.64. The Hall–Kier alpha value is -2.60. The Balaban J connectivity index is 1.81. The maximum atomic E-state index is 13.1. The van der Waals surface area contributed by atoms with Gasteiger partial charge in [-0.3, -0.25) is 19.3 Å². The highest BCUT2D eigenvalue weighted by Gasteiger charge is 2.31. The van der Waals surface area contributed by atoms with Crippen LogP contribution < -0.4 is 0 Å². The van der Waals surface area contributed by atoms with Crippen molar-refractivity contribution in [2.75, 3.05) is 12.3 Å². The molecule has 0 spiro atoms. The third-order valence-electron chi connectivity index (χ3n) is 5.26. The molecule has 1 aromatic heterocycles. The monoisotopic (exact) mass is 424 g/mol. The summed E-state index contributed by atoms with van der Waals surface area (Å²) in [4.78, 5) is 39.3. The fraction of sp³-hybridized carbons (Fsp3) is 0.375. The number of hydrogen-bond acceptors (Lipinski definition) is 4. The first kappa shape index (κ1) is 22.1. The van der Waals surface area contributed by atoms with Crippen molar-refractivity contribution in [3.05, 3.63) is 70.0 Å². The number of carbonyl (C=O) groups excluding carboxylic acids is 3. The Morgan fingerprint density at radius 3 is 2.43 bits per heavy atom. The standard InChI is InChI=1S/C24H28N2O3S/c1-16-11-19(17(2)25(16)13-18-9-7-6-8-10-18)20(27)14-26-22(29)15-30-23(26)12-21(28)24(3,4)5/h6-12H,13-15H2,1-5H3/b23-12-. The zero-order valence-electron chi connectivity index (χ0n) is 18.2. The minimum absolute atomic E-state index is 0.0509. The number of thioether (sulfide) groups is 1. The lowest BCUT2D eigenvalue weighted by molar-refractivity contribution is -0.125. The molecule has 2 heterocycles. The van der Waals surface area contributed by atoms with Crippen molar-refractivity contribution in [1.82, 2.24) is 9.47 Å². The highest BCUT2D eigenvalue weighted by atomic mass is 32.2. The molecule has 0 radical (unpaired) electrons. The lowest BCUT2D eigenvalue weighted by atomic mass is 9.91. The van der Waals surface area contributed by atoms with Crippen LogP contribution in [0.25, 0.3) is 0 Å². The molecule has 1 saturated heterocycles. The molecule has 3 rings (SSSR count). The third kappa shape index (κ3) is 4.75. The van der Waals surface area contributed by atoms with E-state index >= 15 is 0 Å². The predicted octanol–water partition coefficient (Wildman–Crippen LogP) is 4.37. The molecule has 158 valence electrons. The van der Waals surface area contributed by atoms with E-state index in [1.165, 1.54) is 22.7 Å². The summed E-state index contributed by atoms with van der Waals surface area (Å²) in [6, 6.07) is 12.0. The maximum Gasteiger partial charge on any atom is 0.238 e. The normalized spacial score (nSPS) is 15.8. The molecule has 1 fully saturated rings. The van der Waals surface area contributed by atoms with Crippen molar-refractivity contribution < 1.29 is 14.4 Å². The van der Waals surface area contributed by atoms with Gasteiger partial charge in [-0.1, -0.05) is 62.9 Å².